The van der Waals surface area contributed by atoms with Crippen LogP contribution in [0.4, 0.5) is 0 Å². The van der Waals surface area contributed by atoms with Gasteiger partial charge in [0.15, 0.2) is 5.82 Å². The highest BCUT2D eigenvalue weighted by Gasteiger charge is 2.13. The second kappa shape index (κ2) is 4.13. The lowest BCUT2D eigenvalue weighted by atomic mass is 10.2. The summed E-state index contributed by atoms with van der Waals surface area (Å²) in [6, 6.07) is 13.6. The predicted molar refractivity (Wildman–Crippen MR) is 69.3 cm³/mol. The number of carboxylic acid groups (broad SMARTS) is 1. The molecule has 0 atom stereocenters. The smallest absolute Gasteiger partial charge is 0.335 e. The van der Waals surface area contributed by atoms with Crippen molar-refractivity contribution in [3.05, 3.63) is 54.1 Å². The van der Waals surface area contributed by atoms with Gasteiger partial charge >= 0.3 is 5.97 Å². The molecule has 0 aliphatic heterocycles. The van der Waals surface area contributed by atoms with Crippen LogP contribution in [0.15, 0.2) is 48.5 Å². The minimum Gasteiger partial charge on any atom is -0.478 e. The Morgan fingerprint density at radius 1 is 1.11 bits per heavy atom. The fourth-order valence-corrected chi connectivity index (χ4v) is 1.97. The third kappa shape index (κ3) is 1.81. The first-order valence-electron chi connectivity index (χ1n) is 5.67. The highest BCUT2D eigenvalue weighted by atomic mass is 16.5. The summed E-state index contributed by atoms with van der Waals surface area (Å²) < 4.78 is 0.969. The van der Waals surface area contributed by atoms with Gasteiger partial charge in [0.05, 0.1) is 11.1 Å². The van der Waals surface area contributed by atoms with Crippen molar-refractivity contribution in [2.45, 2.75) is 0 Å². The molecule has 19 heavy (non-hydrogen) atoms. The Labute approximate surface area is 108 Å². The summed E-state index contributed by atoms with van der Waals surface area (Å²) in [5, 5.41) is 19.0. The zero-order chi connectivity index (χ0) is 13.4. The van der Waals surface area contributed by atoms with E-state index in [2.05, 4.69) is 4.98 Å². The monoisotopic (exact) mass is 254 g/mol. The van der Waals surface area contributed by atoms with Crippen LogP contribution < -0.4 is 0 Å². The van der Waals surface area contributed by atoms with E-state index >= 15 is 0 Å². The van der Waals surface area contributed by atoms with Crippen LogP contribution in [0.3, 0.4) is 0 Å². The lowest BCUT2D eigenvalue weighted by Gasteiger charge is -2.00. The first kappa shape index (κ1) is 11.3. The number of hydrogen-bond donors (Lipinski definition) is 2. The van der Waals surface area contributed by atoms with E-state index in [1.54, 1.807) is 0 Å². The molecule has 0 spiro atoms. The summed E-state index contributed by atoms with van der Waals surface area (Å²) >= 11 is 0. The van der Waals surface area contributed by atoms with E-state index in [9.17, 15) is 10.0 Å². The van der Waals surface area contributed by atoms with Gasteiger partial charge in [0.25, 0.3) is 0 Å². The van der Waals surface area contributed by atoms with E-state index in [0.29, 0.717) is 16.9 Å². The predicted octanol–water partition coefficient (Wildman–Crippen LogP) is 2.64. The molecule has 94 valence electrons. The van der Waals surface area contributed by atoms with Crippen molar-refractivity contribution in [2.75, 3.05) is 0 Å². The third-order valence-corrected chi connectivity index (χ3v) is 2.91. The number of aromatic carboxylic acids is 1. The Hall–Kier alpha value is -2.82. The molecule has 0 radical (unpaired) electrons. The van der Waals surface area contributed by atoms with Gasteiger partial charge in [-0.3, -0.25) is 0 Å². The lowest BCUT2D eigenvalue weighted by molar-refractivity contribution is 0.0697. The molecule has 3 aromatic rings. The number of hydrogen-bond acceptors (Lipinski definition) is 3. The zero-order valence-electron chi connectivity index (χ0n) is 9.82. The average molecular weight is 254 g/mol. The Balaban J connectivity index is 2.23. The Kier molecular flexibility index (Phi) is 2.45. The number of benzene rings is 2. The molecule has 5 heteroatoms. The van der Waals surface area contributed by atoms with Gasteiger partial charge in [0.1, 0.15) is 5.52 Å². The number of rotatable bonds is 2. The zero-order valence-corrected chi connectivity index (χ0v) is 9.82. The fourth-order valence-electron chi connectivity index (χ4n) is 1.97. The van der Waals surface area contributed by atoms with Crippen LogP contribution in [0.1, 0.15) is 10.4 Å². The number of nitrogens with zero attached hydrogens (tertiary/aromatic N) is 2. The molecule has 0 bridgehead atoms. The molecule has 0 saturated heterocycles. The molecule has 5 nitrogen and oxygen atoms in total. The second-order valence-corrected chi connectivity index (χ2v) is 4.12. The standard InChI is InChI=1S/C14H10N2O3/c17-14(18)10-6-7-12-11(8-10)15-13(16(12)19)9-4-2-1-3-5-9/h1-8,19H,(H,17,18). The van der Waals surface area contributed by atoms with Crippen LogP contribution in [0.2, 0.25) is 0 Å². The van der Waals surface area contributed by atoms with Crippen molar-refractivity contribution in [1.82, 2.24) is 9.71 Å². The van der Waals surface area contributed by atoms with E-state index in [1.807, 2.05) is 30.3 Å². The van der Waals surface area contributed by atoms with Crippen LogP contribution in [0.25, 0.3) is 22.4 Å². The van der Waals surface area contributed by atoms with Crippen LogP contribution in [-0.4, -0.2) is 26.0 Å². The number of fused-ring (bicyclic) bond motifs is 1. The molecule has 1 aromatic heterocycles. The van der Waals surface area contributed by atoms with Crippen molar-refractivity contribution >= 4 is 17.0 Å². The van der Waals surface area contributed by atoms with Crippen molar-refractivity contribution in [3.8, 4) is 11.4 Å². The molecule has 0 aliphatic carbocycles. The van der Waals surface area contributed by atoms with Crippen LogP contribution >= 0.6 is 0 Å². The molecule has 0 fully saturated rings. The van der Waals surface area contributed by atoms with Crippen molar-refractivity contribution < 1.29 is 15.1 Å². The van der Waals surface area contributed by atoms with Gasteiger partial charge in [0, 0.05) is 5.56 Å². The largest absolute Gasteiger partial charge is 0.478 e. The Morgan fingerprint density at radius 2 is 1.84 bits per heavy atom. The third-order valence-electron chi connectivity index (χ3n) is 2.91. The van der Waals surface area contributed by atoms with Crippen molar-refractivity contribution in [3.63, 3.8) is 0 Å². The van der Waals surface area contributed by atoms with E-state index in [4.69, 9.17) is 5.11 Å². The van der Waals surface area contributed by atoms with Gasteiger partial charge in [-0.05, 0) is 18.2 Å². The molecule has 0 unspecified atom stereocenters. The topological polar surface area (TPSA) is 75.3 Å². The van der Waals surface area contributed by atoms with Gasteiger partial charge in [-0.15, -0.1) is 0 Å². The van der Waals surface area contributed by atoms with E-state index in [0.717, 1.165) is 10.3 Å². The van der Waals surface area contributed by atoms with Gasteiger partial charge in [-0.2, -0.15) is 4.73 Å². The maximum absolute atomic E-state index is 10.9. The Bertz CT molecular complexity index is 763. The normalized spacial score (nSPS) is 10.7. The fraction of sp³-hybridized carbons (Fsp3) is 0. The summed E-state index contributed by atoms with van der Waals surface area (Å²) in [5.41, 5.74) is 1.83. The number of aromatic nitrogens is 2. The molecule has 0 saturated carbocycles. The SMILES string of the molecule is O=C(O)c1ccc2c(c1)nc(-c1ccccc1)n2O. The first-order valence-corrected chi connectivity index (χ1v) is 5.67. The highest BCUT2D eigenvalue weighted by molar-refractivity contribution is 5.93. The minimum absolute atomic E-state index is 0.144. The van der Waals surface area contributed by atoms with Gasteiger partial charge < -0.3 is 10.3 Å². The van der Waals surface area contributed by atoms with Crippen LogP contribution in [-0.2, 0) is 0 Å². The maximum Gasteiger partial charge on any atom is 0.335 e. The van der Waals surface area contributed by atoms with Gasteiger partial charge in [0.2, 0.25) is 0 Å². The second-order valence-electron chi connectivity index (χ2n) is 4.12. The molecular weight excluding hydrogens is 244 g/mol. The van der Waals surface area contributed by atoms with Gasteiger partial charge in [-0.25, -0.2) is 9.78 Å². The Morgan fingerprint density at radius 3 is 2.53 bits per heavy atom. The summed E-state index contributed by atoms with van der Waals surface area (Å²) in [6.45, 7) is 0. The van der Waals surface area contributed by atoms with E-state index in [1.165, 1.54) is 18.2 Å². The molecular formula is C14H10N2O3. The molecule has 2 N–H and O–H groups in total. The lowest BCUT2D eigenvalue weighted by Crippen LogP contribution is -1.96. The average Bonchev–Trinajstić information content (AvgIpc) is 2.76. The maximum atomic E-state index is 10.9. The quantitative estimate of drug-likeness (QED) is 0.689. The summed E-state index contributed by atoms with van der Waals surface area (Å²) in [4.78, 5) is 15.2. The number of imidazole rings is 1. The van der Waals surface area contributed by atoms with Crippen LogP contribution in [0, 0.1) is 0 Å². The van der Waals surface area contributed by atoms with Crippen LogP contribution in [0.5, 0.6) is 0 Å². The summed E-state index contributed by atoms with van der Waals surface area (Å²) in [7, 11) is 0. The summed E-state index contributed by atoms with van der Waals surface area (Å²) in [6.07, 6.45) is 0. The molecule has 0 amide bonds. The van der Waals surface area contributed by atoms with E-state index < -0.39 is 5.97 Å². The molecule has 0 aliphatic rings. The summed E-state index contributed by atoms with van der Waals surface area (Å²) in [5.74, 6) is -0.631. The number of carbonyl (C=O) groups is 1. The van der Waals surface area contributed by atoms with E-state index in [-0.39, 0.29) is 5.56 Å². The minimum atomic E-state index is -1.02. The molecule has 3 rings (SSSR count). The van der Waals surface area contributed by atoms with Crippen molar-refractivity contribution in [2.24, 2.45) is 0 Å². The first-order chi connectivity index (χ1) is 9.16. The number of carboxylic acids is 1. The highest BCUT2D eigenvalue weighted by Crippen LogP contribution is 2.23. The molecule has 2 aromatic carbocycles. The molecule has 1 heterocycles. The van der Waals surface area contributed by atoms with Gasteiger partial charge in [-0.1, -0.05) is 30.3 Å². The van der Waals surface area contributed by atoms with Crippen molar-refractivity contribution in [1.29, 1.82) is 0 Å².